The largest absolute Gasteiger partial charge is 0.309 e. The highest BCUT2D eigenvalue weighted by molar-refractivity contribution is 6.13. The molecule has 362 valence electrons. The summed E-state index contributed by atoms with van der Waals surface area (Å²) in [6, 6.07) is 59.9. The van der Waals surface area contributed by atoms with Crippen LogP contribution in [0.4, 0.5) is 0 Å². The summed E-state index contributed by atoms with van der Waals surface area (Å²) in [6.45, 7) is 5.97. The molecule has 13 rings (SSSR count). The first-order chi connectivity index (χ1) is 37.6. The molecule has 4 aromatic heterocycles. The summed E-state index contributed by atoms with van der Waals surface area (Å²) in [5.41, 5.74) is 14.4. The van der Waals surface area contributed by atoms with Gasteiger partial charge in [0.1, 0.15) is 0 Å². The van der Waals surface area contributed by atoms with Crippen LogP contribution in [0.15, 0.2) is 243 Å². The summed E-state index contributed by atoms with van der Waals surface area (Å²) in [5.74, 6) is 3.81. The number of allylic oxidation sites excluding steroid dienone is 15. The van der Waals surface area contributed by atoms with Crippen LogP contribution in [0.3, 0.4) is 0 Å². The van der Waals surface area contributed by atoms with Crippen LogP contribution in [0, 0.1) is 0 Å². The normalized spacial score (nSPS) is 13.9. The maximum atomic E-state index is 5.13. The lowest BCUT2D eigenvalue weighted by Crippen LogP contribution is -2.05. The smallest absolute Gasteiger partial charge is 0.164 e. The zero-order valence-electron chi connectivity index (χ0n) is 41.9. The maximum absolute atomic E-state index is 5.13. The van der Waals surface area contributed by atoms with E-state index in [2.05, 4.69) is 180 Å². The molecule has 0 radical (unpaired) electrons. The van der Waals surface area contributed by atoms with E-state index in [0.29, 0.717) is 41.4 Å². The number of nitrogens with zero attached hydrogens (tertiary/aromatic N) is 8. The molecule has 0 amide bonds. The number of fused-ring (bicyclic) bond motifs is 6. The monoisotopic (exact) mass is 978 g/mol. The Bertz CT molecular complexity index is 4330. The van der Waals surface area contributed by atoms with E-state index in [4.69, 9.17) is 29.9 Å². The van der Waals surface area contributed by atoms with Gasteiger partial charge in [-0.05, 0) is 91.9 Å². The van der Waals surface area contributed by atoms with Gasteiger partial charge < -0.3 is 9.13 Å². The average molecular weight is 979 g/mol. The molecule has 0 bridgehead atoms. The summed E-state index contributed by atoms with van der Waals surface area (Å²) < 4.78 is 4.74. The highest BCUT2D eigenvalue weighted by Crippen LogP contribution is 2.40. The minimum Gasteiger partial charge on any atom is -0.309 e. The molecule has 2 aliphatic carbocycles. The van der Waals surface area contributed by atoms with Crippen molar-refractivity contribution in [2.24, 2.45) is 0 Å². The summed E-state index contributed by atoms with van der Waals surface area (Å²) >= 11 is 0. The molecular weight excluding hydrogens is 929 g/mol. The number of rotatable bonds is 11. The number of hydrogen-bond acceptors (Lipinski definition) is 6. The Morgan fingerprint density at radius 3 is 1.87 bits per heavy atom. The molecule has 4 heterocycles. The SMILES string of the molecule is C=C/C=C(\C=C/C)c1nc(C2=CC(n3c4ccccc4c4ccc(-c5ccc6c(c5)c5ccccc5n6-c5cccc(-c6nc(C7=CCCC=C7)nc(-c7ccccc7)n6)c5)cc43)=CC=CC2)nc(-c2ccccc2)n1. The molecule has 0 fully saturated rings. The zero-order valence-corrected chi connectivity index (χ0v) is 41.9. The second-order valence-electron chi connectivity index (χ2n) is 19.0. The Labute approximate surface area is 440 Å². The third-order valence-electron chi connectivity index (χ3n) is 14.1. The molecule has 7 aromatic carbocycles. The van der Waals surface area contributed by atoms with Crippen molar-refractivity contribution in [1.29, 1.82) is 0 Å². The minimum atomic E-state index is 0.591. The van der Waals surface area contributed by atoms with Crippen molar-refractivity contribution in [3.63, 3.8) is 0 Å². The van der Waals surface area contributed by atoms with Crippen molar-refractivity contribution in [1.82, 2.24) is 39.0 Å². The molecule has 2 aliphatic rings. The van der Waals surface area contributed by atoms with Gasteiger partial charge in [-0.1, -0.05) is 189 Å². The molecule has 0 atom stereocenters. The molecule has 0 aliphatic heterocycles. The average Bonchev–Trinajstić information content (AvgIpc) is 3.92. The lowest BCUT2D eigenvalue weighted by atomic mass is 10.0. The first-order valence-corrected chi connectivity index (χ1v) is 25.8. The fourth-order valence-electron chi connectivity index (χ4n) is 10.6. The van der Waals surface area contributed by atoms with Gasteiger partial charge in [-0.15, -0.1) is 0 Å². The summed E-state index contributed by atoms with van der Waals surface area (Å²) in [7, 11) is 0. The van der Waals surface area contributed by atoms with E-state index in [1.165, 1.54) is 21.5 Å². The third-order valence-corrected chi connectivity index (χ3v) is 14.1. The second-order valence-corrected chi connectivity index (χ2v) is 19.0. The van der Waals surface area contributed by atoms with Gasteiger partial charge in [0.05, 0.1) is 22.1 Å². The van der Waals surface area contributed by atoms with Crippen LogP contribution in [-0.2, 0) is 0 Å². The standard InChI is InChI=1S/C68H50N8/c1-3-21-45(22-4-2)63-69-64(46-23-8-5-9-24-46)72-67(71-63)51-29-14-15-31-53(41-51)76-59-35-18-16-33-55(59)57-39-37-50(44-62(57)76)49-38-40-61-58(43-49)56-34-17-19-36-60(56)75(61)54-32-20-30-52(42-54)68-73-65(47-25-10-6-11-26-47)70-66(74-68)48-27-12-7-13-28-48/h3-6,8-12,14-28,30-44H,1,7,13,29H2,2H3/b22-4-,45-21+. The molecule has 0 spiro atoms. The van der Waals surface area contributed by atoms with Crippen LogP contribution in [0.25, 0.3) is 117 Å². The summed E-state index contributed by atoms with van der Waals surface area (Å²) in [5, 5.41) is 4.70. The van der Waals surface area contributed by atoms with Crippen molar-refractivity contribution >= 4 is 66.0 Å². The van der Waals surface area contributed by atoms with Crippen molar-refractivity contribution in [2.75, 3.05) is 0 Å². The van der Waals surface area contributed by atoms with Crippen LogP contribution in [0.5, 0.6) is 0 Å². The Morgan fingerprint density at radius 1 is 0.500 bits per heavy atom. The molecule has 0 saturated heterocycles. The number of hydrogen-bond donors (Lipinski definition) is 0. The van der Waals surface area contributed by atoms with E-state index in [-0.39, 0.29) is 0 Å². The second kappa shape index (κ2) is 19.8. The fraction of sp³-hybridized carbons (Fsp3) is 0.0588. The number of aromatic nitrogens is 8. The van der Waals surface area contributed by atoms with Crippen LogP contribution < -0.4 is 0 Å². The van der Waals surface area contributed by atoms with Crippen LogP contribution in [0.2, 0.25) is 0 Å². The molecule has 8 nitrogen and oxygen atoms in total. The van der Waals surface area contributed by atoms with E-state index in [1.807, 2.05) is 73.7 Å². The van der Waals surface area contributed by atoms with Crippen molar-refractivity contribution < 1.29 is 0 Å². The predicted molar refractivity (Wildman–Crippen MR) is 314 cm³/mol. The molecule has 0 unspecified atom stereocenters. The summed E-state index contributed by atoms with van der Waals surface area (Å²) in [6.07, 6.45) is 25.6. The molecule has 76 heavy (non-hydrogen) atoms. The first-order valence-electron chi connectivity index (χ1n) is 25.8. The highest BCUT2D eigenvalue weighted by Gasteiger charge is 2.21. The van der Waals surface area contributed by atoms with Gasteiger partial charge in [0.25, 0.3) is 0 Å². The molecule has 11 aromatic rings. The van der Waals surface area contributed by atoms with E-state index in [1.54, 1.807) is 6.08 Å². The van der Waals surface area contributed by atoms with E-state index < -0.39 is 0 Å². The van der Waals surface area contributed by atoms with Gasteiger partial charge in [0.2, 0.25) is 0 Å². The number of para-hydroxylation sites is 2. The van der Waals surface area contributed by atoms with Crippen molar-refractivity contribution in [2.45, 2.75) is 26.2 Å². The van der Waals surface area contributed by atoms with E-state index in [9.17, 15) is 0 Å². The van der Waals surface area contributed by atoms with Crippen molar-refractivity contribution in [3.05, 3.63) is 261 Å². The Balaban J connectivity index is 0.916. The Morgan fingerprint density at radius 2 is 1.12 bits per heavy atom. The molecule has 0 N–H and O–H groups in total. The lowest BCUT2D eigenvalue weighted by molar-refractivity contribution is 0.992. The van der Waals surface area contributed by atoms with Gasteiger partial charge >= 0.3 is 0 Å². The maximum Gasteiger partial charge on any atom is 0.164 e. The predicted octanol–water partition coefficient (Wildman–Crippen LogP) is 16.7. The first kappa shape index (κ1) is 45.9. The Hall–Kier alpha value is -9.92. The van der Waals surface area contributed by atoms with E-state index in [0.717, 1.165) is 90.8 Å². The van der Waals surface area contributed by atoms with Crippen LogP contribution in [-0.4, -0.2) is 39.0 Å². The minimum absolute atomic E-state index is 0.591. The quantitative estimate of drug-likeness (QED) is 0.120. The lowest BCUT2D eigenvalue weighted by Gasteiger charge is -2.13. The van der Waals surface area contributed by atoms with Gasteiger partial charge in [0, 0.05) is 66.3 Å². The van der Waals surface area contributed by atoms with Crippen LogP contribution in [0.1, 0.15) is 43.7 Å². The summed E-state index contributed by atoms with van der Waals surface area (Å²) in [4.78, 5) is 30.4. The molecule has 8 heteroatoms. The molecular formula is C68H50N8. The third kappa shape index (κ3) is 8.51. The van der Waals surface area contributed by atoms with Gasteiger partial charge in [-0.2, -0.15) is 0 Å². The van der Waals surface area contributed by atoms with Crippen LogP contribution >= 0.6 is 0 Å². The van der Waals surface area contributed by atoms with E-state index >= 15 is 0 Å². The highest BCUT2D eigenvalue weighted by atomic mass is 15.1. The number of benzene rings is 7. The van der Waals surface area contributed by atoms with Gasteiger partial charge in [0.15, 0.2) is 34.9 Å². The zero-order chi connectivity index (χ0) is 51.0. The topological polar surface area (TPSA) is 87.2 Å². The van der Waals surface area contributed by atoms with Gasteiger partial charge in [-0.25, -0.2) is 29.9 Å². The Kier molecular flexibility index (Phi) is 12.0. The molecule has 0 saturated carbocycles. The fourth-order valence-corrected chi connectivity index (χ4v) is 10.6. The van der Waals surface area contributed by atoms with Gasteiger partial charge in [-0.3, -0.25) is 0 Å². The van der Waals surface area contributed by atoms with Crippen molar-refractivity contribution in [3.8, 4) is 51.0 Å².